The summed E-state index contributed by atoms with van der Waals surface area (Å²) >= 11 is -1.78. The molecule has 0 atom stereocenters. The van der Waals surface area contributed by atoms with Gasteiger partial charge in [-0.25, -0.2) is 0 Å². The van der Waals surface area contributed by atoms with E-state index < -0.39 is 14.1 Å². The third-order valence-electron chi connectivity index (χ3n) is 7.02. The van der Waals surface area contributed by atoms with Crippen LogP contribution in [0.15, 0.2) is 164 Å². The minimum absolute atomic E-state index is 1.24. The van der Waals surface area contributed by atoms with Gasteiger partial charge in [0.05, 0.1) is 0 Å². The van der Waals surface area contributed by atoms with Gasteiger partial charge in [-0.2, -0.15) is 0 Å². The van der Waals surface area contributed by atoms with Crippen molar-refractivity contribution in [1.82, 2.24) is 0 Å². The van der Waals surface area contributed by atoms with E-state index in [-0.39, 0.29) is 0 Å². The molecule has 0 aliphatic rings. The largest absolute Gasteiger partial charge is 0.384 e. The second-order valence-corrected chi connectivity index (χ2v) is 12.1. The van der Waals surface area contributed by atoms with Crippen molar-refractivity contribution in [3.8, 4) is 33.4 Å². The lowest BCUT2D eigenvalue weighted by Crippen LogP contribution is -2.52. The molecule has 0 aliphatic carbocycles. The molecule has 0 aromatic heterocycles. The average molecular weight is 487 g/mol. The molecule has 0 bridgehead atoms. The molecular weight excluding hydrogens is 459 g/mol. The molecule has 0 fully saturated rings. The van der Waals surface area contributed by atoms with Crippen molar-refractivity contribution >= 4 is 27.4 Å². The fourth-order valence-corrected chi connectivity index (χ4v) is 8.59. The van der Waals surface area contributed by atoms with Crippen molar-refractivity contribution in [2.75, 3.05) is 0 Å². The van der Waals surface area contributed by atoms with Crippen LogP contribution in [0.1, 0.15) is 0 Å². The van der Waals surface area contributed by atoms with Gasteiger partial charge in [-0.05, 0) is 33.4 Å². The molecule has 37 heavy (non-hydrogen) atoms. The van der Waals surface area contributed by atoms with Crippen LogP contribution in [-0.4, -0.2) is 14.1 Å². The maximum absolute atomic E-state index is 2.41. The number of benzene rings is 6. The van der Waals surface area contributed by atoms with Gasteiger partial charge >= 0.3 is 14.1 Å². The molecular formula is C36H27Al. The van der Waals surface area contributed by atoms with Crippen LogP contribution in [0.4, 0.5) is 0 Å². The van der Waals surface area contributed by atoms with Crippen LogP contribution in [0.25, 0.3) is 33.4 Å². The van der Waals surface area contributed by atoms with E-state index in [1.165, 1.54) is 46.7 Å². The smallest absolute Gasteiger partial charge is 0.0985 e. The molecule has 0 aliphatic heterocycles. The Bertz CT molecular complexity index is 1540. The molecule has 174 valence electrons. The maximum Gasteiger partial charge on any atom is 0.384 e. The van der Waals surface area contributed by atoms with Gasteiger partial charge in [0.2, 0.25) is 0 Å². The van der Waals surface area contributed by atoms with Crippen molar-refractivity contribution in [3.63, 3.8) is 0 Å². The van der Waals surface area contributed by atoms with Crippen LogP contribution in [0.3, 0.4) is 0 Å². The van der Waals surface area contributed by atoms with Crippen LogP contribution in [0, 0.1) is 0 Å². The summed E-state index contributed by atoms with van der Waals surface area (Å²) in [4.78, 5) is 0. The predicted octanol–water partition coefficient (Wildman–Crippen LogP) is 7.20. The predicted molar refractivity (Wildman–Crippen MR) is 160 cm³/mol. The minimum Gasteiger partial charge on any atom is -0.0985 e. The lowest BCUT2D eigenvalue weighted by molar-refractivity contribution is 1.57. The van der Waals surface area contributed by atoms with Crippen LogP contribution in [0.2, 0.25) is 0 Å². The van der Waals surface area contributed by atoms with Crippen molar-refractivity contribution in [3.05, 3.63) is 164 Å². The summed E-state index contributed by atoms with van der Waals surface area (Å²) in [6.07, 6.45) is 0. The normalized spacial score (nSPS) is 10.7. The first kappa shape index (κ1) is 23.3. The van der Waals surface area contributed by atoms with Crippen molar-refractivity contribution in [2.24, 2.45) is 0 Å². The topological polar surface area (TPSA) is 0 Å². The zero-order valence-electron chi connectivity index (χ0n) is 20.7. The van der Waals surface area contributed by atoms with E-state index in [0.717, 1.165) is 0 Å². The summed E-state index contributed by atoms with van der Waals surface area (Å²) in [7, 11) is 0. The Kier molecular flexibility index (Phi) is 6.82. The summed E-state index contributed by atoms with van der Waals surface area (Å²) < 4.78 is 4.30. The molecule has 0 amide bonds. The lowest BCUT2D eigenvalue weighted by atomic mass is 9.87. The van der Waals surface area contributed by atoms with E-state index in [1.54, 1.807) is 0 Å². The molecule has 0 saturated heterocycles. The van der Waals surface area contributed by atoms with Gasteiger partial charge in [0.25, 0.3) is 0 Å². The van der Waals surface area contributed by atoms with E-state index in [0.29, 0.717) is 0 Å². The summed E-state index contributed by atoms with van der Waals surface area (Å²) in [5, 5.41) is 0. The molecule has 6 rings (SSSR count). The summed E-state index contributed by atoms with van der Waals surface area (Å²) in [5.41, 5.74) is 7.66. The first-order chi connectivity index (χ1) is 18.4. The first-order valence-electron chi connectivity index (χ1n) is 12.8. The maximum atomic E-state index is 2.41. The number of hydrogen-bond donors (Lipinski definition) is 0. The molecule has 1 heteroatoms. The van der Waals surface area contributed by atoms with E-state index in [1.807, 2.05) is 0 Å². The van der Waals surface area contributed by atoms with Gasteiger partial charge in [-0.15, -0.1) is 0 Å². The molecule has 0 spiro atoms. The minimum atomic E-state index is -1.78. The van der Waals surface area contributed by atoms with Crippen molar-refractivity contribution < 1.29 is 0 Å². The third kappa shape index (κ3) is 4.81. The number of hydrogen-bond acceptors (Lipinski definition) is 0. The fourth-order valence-electron chi connectivity index (χ4n) is 5.38. The van der Waals surface area contributed by atoms with Crippen molar-refractivity contribution in [1.29, 1.82) is 0 Å². The average Bonchev–Trinajstić information content (AvgIpc) is 2.99. The van der Waals surface area contributed by atoms with E-state index in [9.17, 15) is 0 Å². The Balaban J connectivity index is 1.73. The molecule has 0 radical (unpaired) electrons. The molecule has 0 nitrogen and oxygen atoms in total. The van der Waals surface area contributed by atoms with Gasteiger partial charge in [-0.3, -0.25) is 0 Å². The van der Waals surface area contributed by atoms with E-state index in [4.69, 9.17) is 0 Å². The Morgan fingerprint density at radius 1 is 0.297 bits per heavy atom. The summed E-state index contributed by atoms with van der Waals surface area (Å²) in [6.45, 7) is 0. The Morgan fingerprint density at radius 2 is 0.676 bits per heavy atom. The Labute approximate surface area is 223 Å². The molecule has 0 N–H and O–H groups in total. The van der Waals surface area contributed by atoms with E-state index in [2.05, 4.69) is 164 Å². The molecule has 6 aromatic carbocycles. The van der Waals surface area contributed by atoms with Crippen molar-refractivity contribution in [2.45, 2.75) is 0 Å². The highest BCUT2D eigenvalue weighted by Gasteiger charge is 2.30. The second-order valence-electron chi connectivity index (χ2n) is 9.30. The monoisotopic (exact) mass is 486 g/mol. The summed E-state index contributed by atoms with van der Waals surface area (Å²) in [6, 6.07) is 59.6. The zero-order chi connectivity index (χ0) is 24.9. The third-order valence-corrected chi connectivity index (χ3v) is 10.2. The SMILES string of the molecule is c1ccc(-c2cc[c]([Al]([c]3ccccc3)[c]3ccccc3)c(-c3ccccc3)c2-c2ccccc2)cc1. The fraction of sp³-hybridized carbons (Fsp3) is 0. The first-order valence-corrected chi connectivity index (χ1v) is 14.6. The molecule has 0 saturated carbocycles. The van der Waals surface area contributed by atoms with Gasteiger partial charge in [0.1, 0.15) is 0 Å². The van der Waals surface area contributed by atoms with Gasteiger partial charge in [0, 0.05) is 0 Å². The van der Waals surface area contributed by atoms with Crippen LogP contribution in [0.5, 0.6) is 0 Å². The molecule has 0 unspecified atom stereocenters. The molecule has 0 heterocycles. The van der Waals surface area contributed by atoms with Crippen LogP contribution in [-0.2, 0) is 0 Å². The molecule has 6 aromatic rings. The summed E-state index contributed by atoms with van der Waals surface area (Å²) in [5.74, 6) is 0. The standard InChI is InChI=1S/C24H17.2C6H5.Al/c1-4-11-19(12-5-1)22-17-10-18-23(20-13-6-2-7-14-20)24(22)21-15-8-3-9-16-21;2*1-2-4-6-5-3-1;/h1-17H;2*1-5H;. The van der Waals surface area contributed by atoms with Crippen LogP contribution < -0.4 is 13.3 Å². The highest BCUT2D eigenvalue weighted by Crippen LogP contribution is 2.39. The highest BCUT2D eigenvalue weighted by atomic mass is 27.2. The number of rotatable bonds is 6. The van der Waals surface area contributed by atoms with E-state index >= 15 is 0 Å². The van der Waals surface area contributed by atoms with Crippen LogP contribution >= 0.6 is 0 Å². The zero-order valence-corrected chi connectivity index (χ0v) is 21.8. The van der Waals surface area contributed by atoms with Gasteiger partial charge < -0.3 is 0 Å². The van der Waals surface area contributed by atoms with Gasteiger partial charge in [-0.1, -0.05) is 177 Å². The highest BCUT2D eigenvalue weighted by molar-refractivity contribution is 6.96. The Morgan fingerprint density at radius 3 is 1.14 bits per heavy atom. The Hall–Kier alpha value is -4.15. The second kappa shape index (κ2) is 10.9. The van der Waals surface area contributed by atoms with Gasteiger partial charge in [0.15, 0.2) is 0 Å². The quantitative estimate of drug-likeness (QED) is 0.218. The lowest BCUT2D eigenvalue weighted by Gasteiger charge is -2.24.